The van der Waals surface area contributed by atoms with E-state index in [2.05, 4.69) is 9.59 Å². The van der Waals surface area contributed by atoms with Crippen molar-refractivity contribution in [3.8, 4) is 0 Å². The summed E-state index contributed by atoms with van der Waals surface area (Å²) in [5, 5.41) is 15.3. The predicted octanol–water partition coefficient (Wildman–Crippen LogP) is 0.766. The first-order chi connectivity index (χ1) is 4.73. The first-order valence-corrected chi connectivity index (χ1v) is 4.07. The second-order valence-electron chi connectivity index (χ2n) is 2.82. The summed E-state index contributed by atoms with van der Waals surface area (Å²) in [5.74, 6) is 0.358. The number of hydrogen-bond acceptors (Lipinski definition) is 4. The lowest BCUT2D eigenvalue weighted by Gasteiger charge is -2.01. The maximum Gasteiger partial charge on any atom is 0.112 e. The van der Waals surface area contributed by atoms with Crippen molar-refractivity contribution in [1.82, 2.24) is 9.59 Å². The fourth-order valence-corrected chi connectivity index (χ4v) is 1.65. The molecule has 1 heterocycles. The summed E-state index contributed by atoms with van der Waals surface area (Å²) in [5.41, 5.74) is 0.109. The largest absolute Gasteiger partial charge is 0.383 e. The molecule has 0 bridgehead atoms. The van der Waals surface area contributed by atoms with Gasteiger partial charge in [-0.25, -0.2) is 0 Å². The molecule has 1 aromatic rings. The van der Waals surface area contributed by atoms with Gasteiger partial charge in [0.05, 0.1) is 0 Å². The molecule has 0 aliphatic heterocycles. The van der Waals surface area contributed by atoms with Gasteiger partial charge in [0.2, 0.25) is 0 Å². The second-order valence-corrected chi connectivity index (χ2v) is 3.43. The van der Waals surface area contributed by atoms with Crippen molar-refractivity contribution < 1.29 is 5.11 Å². The Morgan fingerprint density at radius 2 is 2.60 bits per heavy atom. The van der Waals surface area contributed by atoms with Crippen LogP contribution in [0, 0.1) is 5.92 Å². The van der Waals surface area contributed by atoms with Crippen LogP contribution in [-0.4, -0.2) is 14.7 Å². The molecule has 1 aliphatic carbocycles. The summed E-state index contributed by atoms with van der Waals surface area (Å²) < 4.78 is 3.69. The molecule has 0 aromatic carbocycles. The number of aliphatic hydroxyl groups is 1. The third-order valence-corrected chi connectivity index (χ3v) is 2.58. The van der Waals surface area contributed by atoms with Gasteiger partial charge in [0.1, 0.15) is 11.3 Å². The van der Waals surface area contributed by atoms with Gasteiger partial charge in [-0.2, -0.15) is 0 Å². The standard InChI is InChI=1S/C6H8N2OS/c1-4-2-6(4,9)5-3-10-8-7-5/h3-4,9H,2H2,1H3. The first kappa shape index (κ1) is 6.24. The Kier molecular flexibility index (Phi) is 1.10. The molecule has 0 saturated heterocycles. The van der Waals surface area contributed by atoms with Gasteiger partial charge in [0.25, 0.3) is 0 Å². The van der Waals surface area contributed by atoms with Crippen molar-refractivity contribution in [2.75, 3.05) is 0 Å². The average Bonchev–Trinajstić information content (AvgIpc) is 2.35. The molecule has 1 saturated carbocycles. The molecule has 3 nitrogen and oxygen atoms in total. The molecule has 2 atom stereocenters. The Hall–Kier alpha value is -0.480. The second kappa shape index (κ2) is 1.77. The fourth-order valence-electron chi connectivity index (χ4n) is 1.12. The van der Waals surface area contributed by atoms with Gasteiger partial charge in [-0.3, -0.25) is 0 Å². The van der Waals surface area contributed by atoms with E-state index in [4.69, 9.17) is 0 Å². The van der Waals surface area contributed by atoms with E-state index < -0.39 is 5.60 Å². The monoisotopic (exact) mass is 156 g/mol. The lowest BCUT2D eigenvalue weighted by Crippen LogP contribution is -2.07. The third kappa shape index (κ3) is 0.690. The minimum Gasteiger partial charge on any atom is -0.383 e. The van der Waals surface area contributed by atoms with E-state index in [0.717, 1.165) is 12.1 Å². The molecule has 1 aliphatic rings. The number of hydrogen-bond donors (Lipinski definition) is 1. The van der Waals surface area contributed by atoms with Gasteiger partial charge >= 0.3 is 0 Å². The van der Waals surface area contributed by atoms with Gasteiger partial charge in [0.15, 0.2) is 0 Å². The highest BCUT2D eigenvalue weighted by molar-refractivity contribution is 7.03. The average molecular weight is 156 g/mol. The maximum atomic E-state index is 9.66. The summed E-state index contributed by atoms with van der Waals surface area (Å²) in [6.07, 6.45) is 0.832. The molecule has 1 fully saturated rings. The Morgan fingerprint density at radius 1 is 1.90 bits per heavy atom. The van der Waals surface area contributed by atoms with Gasteiger partial charge in [-0.15, -0.1) is 5.10 Å². The van der Waals surface area contributed by atoms with Crippen LogP contribution in [0.2, 0.25) is 0 Å². The molecular formula is C6H8N2OS. The summed E-state index contributed by atoms with van der Waals surface area (Å²) in [6.45, 7) is 2.01. The van der Waals surface area contributed by atoms with Crippen LogP contribution < -0.4 is 0 Å². The third-order valence-electron chi connectivity index (χ3n) is 2.08. The molecule has 1 aromatic heterocycles. The molecular weight excluding hydrogens is 148 g/mol. The molecule has 10 heavy (non-hydrogen) atoms. The van der Waals surface area contributed by atoms with E-state index in [1.54, 1.807) is 0 Å². The van der Waals surface area contributed by atoms with Crippen molar-refractivity contribution in [2.45, 2.75) is 18.9 Å². The van der Waals surface area contributed by atoms with Gasteiger partial charge in [-0.05, 0) is 23.9 Å². The highest BCUT2D eigenvalue weighted by atomic mass is 32.1. The lowest BCUT2D eigenvalue weighted by atomic mass is 10.2. The number of rotatable bonds is 1. The fraction of sp³-hybridized carbons (Fsp3) is 0.667. The van der Waals surface area contributed by atoms with Crippen LogP contribution >= 0.6 is 11.5 Å². The summed E-state index contributed by atoms with van der Waals surface area (Å²) in [7, 11) is 0. The van der Waals surface area contributed by atoms with Crippen LogP contribution in [0.15, 0.2) is 5.38 Å². The zero-order valence-corrected chi connectivity index (χ0v) is 6.43. The van der Waals surface area contributed by atoms with E-state index in [0.29, 0.717) is 5.92 Å². The molecule has 0 radical (unpaired) electrons. The molecule has 2 unspecified atom stereocenters. The van der Waals surface area contributed by atoms with Crippen LogP contribution in [-0.2, 0) is 5.60 Å². The van der Waals surface area contributed by atoms with Crippen molar-refractivity contribution in [1.29, 1.82) is 0 Å². The molecule has 1 N–H and O–H groups in total. The Bertz CT molecular complexity index is 236. The molecule has 4 heteroatoms. The predicted molar refractivity (Wildman–Crippen MR) is 37.6 cm³/mol. The molecule has 0 spiro atoms. The SMILES string of the molecule is CC1CC1(O)c1csnn1. The van der Waals surface area contributed by atoms with Crippen molar-refractivity contribution in [3.63, 3.8) is 0 Å². The minimum atomic E-state index is -0.632. The topological polar surface area (TPSA) is 46.0 Å². The van der Waals surface area contributed by atoms with Crippen LogP contribution in [0.25, 0.3) is 0 Å². The zero-order chi connectivity index (χ0) is 7.19. The highest BCUT2D eigenvalue weighted by Crippen LogP contribution is 2.50. The Balaban J connectivity index is 2.30. The van der Waals surface area contributed by atoms with Crippen LogP contribution in [0.4, 0.5) is 0 Å². The molecule has 0 amide bonds. The number of aromatic nitrogens is 2. The van der Waals surface area contributed by atoms with Crippen LogP contribution in [0.1, 0.15) is 19.0 Å². The van der Waals surface area contributed by atoms with E-state index >= 15 is 0 Å². The highest BCUT2D eigenvalue weighted by Gasteiger charge is 2.52. The summed E-state index contributed by atoms with van der Waals surface area (Å²) in [4.78, 5) is 0. The lowest BCUT2D eigenvalue weighted by molar-refractivity contribution is 0.130. The molecule has 2 rings (SSSR count). The summed E-state index contributed by atoms with van der Waals surface area (Å²) in [6, 6.07) is 0. The van der Waals surface area contributed by atoms with Gasteiger partial charge < -0.3 is 5.11 Å². The van der Waals surface area contributed by atoms with Crippen molar-refractivity contribution >= 4 is 11.5 Å². The number of nitrogens with zero attached hydrogens (tertiary/aromatic N) is 2. The van der Waals surface area contributed by atoms with Crippen LogP contribution in [0.3, 0.4) is 0 Å². The van der Waals surface area contributed by atoms with E-state index in [-0.39, 0.29) is 0 Å². The maximum absolute atomic E-state index is 9.66. The Morgan fingerprint density at radius 3 is 3.00 bits per heavy atom. The van der Waals surface area contributed by atoms with Gasteiger partial charge in [-0.1, -0.05) is 11.4 Å². The smallest absolute Gasteiger partial charge is 0.112 e. The normalized spacial score (nSPS) is 38.0. The quantitative estimate of drug-likeness (QED) is 0.653. The van der Waals surface area contributed by atoms with E-state index in [1.807, 2.05) is 12.3 Å². The van der Waals surface area contributed by atoms with E-state index in [9.17, 15) is 5.11 Å². The minimum absolute atomic E-state index is 0.358. The van der Waals surface area contributed by atoms with Crippen molar-refractivity contribution in [3.05, 3.63) is 11.1 Å². The first-order valence-electron chi connectivity index (χ1n) is 3.23. The van der Waals surface area contributed by atoms with Crippen LogP contribution in [0.5, 0.6) is 0 Å². The van der Waals surface area contributed by atoms with E-state index in [1.165, 1.54) is 11.5 Å². The molecule has 54 valence electrons. The summed E-state index contributed by atoms with van der Waals surface area (Å²) >= 11 is 1.29. The van der Waals surface area contributed by atoms with Gasteiger partial charge in [0, 0.05) is 5.38 Å². The zero-order valence-electron chi connectivity index (χ0n) is 5.61. The Labute approximate surface area is 62.9 Å². The van der Waals surface area contributed by atoms with Crippen molar-refractivity contribution in [2.24, 2.45) is 5.92 Å².